The zero-order chi connectivity index (χ0) is 29.6. The summed E-state index contributed by atoms with van der Waals surface area (Å²) in [4.78, 5) is 28.6. The Balaban J connectivity index is 1.50. The lowest BCUT2D eigenvalue weighted by Gasteiger charge is -2.41. The molecule has 0 unspecified atom stereocenters. The van der Waals surface area contributed by atoms with Crippen molar-refractivity contribution in [2.24, 2.45) is 0 Å². The van der Waals surface area contributed by atoms with Crippen LogP contribution in [0.5, 0.6) is 17.2 Å². The molecule has 0 radical (unpaired) electrons. The van der Waals surface area contributed by atoms with E-state index in [2.05, 4.69) is 0 Å². The van der Waals surface area contributed by atoms with Crippen LogP contribution in [0.4, 0.5) is 0 Å². The molecule has 2 aliphatic rings. The Labute approximate surface area is 246 Å². The topological polar surface area (TPSA) is 80.3 Å². The van der Waals surface area contributed by atoms with Crippen LogP contribution in [0.1, 0.15) is 39.1 Å². The maximum Gasteiger partial charge on any atom is 0.336 e. The van der Waals surface area contributed by atoms with Crippen LogP contribution in [-0.2, 0) is 14.0 Å². The number of fused-ring (bicyclic) bond motifs is 4. The fourth-order valence-electron chi connectivity index (χ4n) is 6.31. The Hall–Kier alpha value is -4.40. The minimum atomic E-state index is -2.89. The van der Waals surface area contributed by atoms with E-state index in [1.807, 2.05) is 67.7 Å². The molecule has 2 atom stereocenters. The van der Waals surface area contributed by atoms with Gasteiger partial charge < -0.3 is 23.4 Å². The van der Waals surface area contributed by atoms with Gasteiger partial charge in [0.05, 0.1) is 27.2 Å². The quantitative estimate of drug-likeness (QED) is 0.155. The molecule has 1 heterocycles. The second-order valence-corrected chi connectivity index (χ2v) is 14.6. The fraction of sp³-hybridized carbons (Fsp3) is 0.235. The summed E-state index contributed by atoms with van der Waals surface area (Å²) in [5.41, 5.74) is 4.93. The molecular weight excluding hydrogens is 548 g/mol. The van der Waals surface area contributed by atoms with Gasteiger partial charge in [-0.1, -0.05) is 78.9 Å². The average molecular weight is 581 g/mol. The van der Waals surface area contributed by atoms with Crippen LogP contribution in [-0.4, -0.2) is 47.5 Å². The van der Waals surface area contributed by atoms with Crippen LogP contribution in [0.15, 0.2) is 84.9 Å². The molecule has 4 aromatic rings. The van der Waals surface area contributed by atoms with Crippen LogP contribution >= 0.6 is 0 Å². The highest BCUT2D eigenvalue weighted by Crippen LogP contribution is 2.48. The second kappa shape index (κ2) is 10.8. The van der Waals surface area contributed by atoms with Crippen molar-refractivity contribution in [3.8, 4) is 28.4 Å². The Bertz CT molecular complexity index is 1640. The molecule has 1 aliphatic heterocycles. The normalized spacial score (nSPS) is 18.3. The highest BCUT2D eigenvalue weighted by molar-refractivity contribution is 6.86. The third kappa shape index (κ3) is 4.38. The van der Waals surface area contributed by atoms with Crippen LogP contribution < -0.4 is 19.4 Å². The Morgan fingerprint density at radius 2 is 1.29 bits per heavy atom. The smallest absolute Gasteiger partial charge is 0.336 e. The van der Waals surface area contributed by atoms with E-state index in [1.54, 1.807) is 37.4 Å². The Morgan fingerprint density at radius 3 is 1.86 bits per heavy atom. The number of hydrogen-bond acceptors (Lipinski definition) is 7. The minimum absolute atomic E-state index is 0.259. The van der Waals surface area contributed by atoms with Crippen LogP contribution in [0.2, 0.25) is 13.1 Å². The molecule has 0 saturated carbocycles. The van der Waals surface area contributed by atoms with Gasteiger partial charge in [-0.05, 0) is 35.9 Å². The van der Waals surface area contributed by atoms with Crippen molar-refractivity contribution >= 4 is 25.3 Å². The molecule has 0 N–H and O–H groups in total. The van der Waals surface area contributed by atoms with Crippen LogP contribution in [0.25, 0.3) is 11.1 Å². The van der Waals surface area contributed by atoms with E-state index in [4.69, 9.17) is 23.4 Å². The monoisotopic (exact) mass is 580 g/mol. The first kappa shape index (κ1) is 27.8. The van der Waals surface area contributed by atoms with Crippen molar-refractivity contribution in [2.75, 3.05) is 21.3 Å². The molecule has 0 amide bonds. The van der Waals surface area contributed by atoms with Crippen LogP contribution in [0.3, 0.4) is 0 Å². The van der Waals surface area contributed by atoms with Gasteiger partial charge in [0.25, 0.3) is 0 Å². The second-order valence-electron chi connectivity index (χ2n) is 10.9. The predicted molar refractivity (Wildman–Crippen MR) is 161 cm³/mol. The number of ketones is 1. The van der Waals surface area contributed by atoms with E-state index in [1.165, 1.54) is 14.2 Å². The molecule has 7 nitrogen and oxygen atoms in total. The lowest BCUT2D eigenvalue weighted by Crippen LogP contribution is -2.59. The molecule has 8 heteroatoms. The third-order valence-electron chi connectivity index (χ3n) is 8.11. The van der Waals surface area contributed by atoms with Crippen molar-refractivity contribution in [1.82, 2.24) is 0 Å². The molecular formula is C34H32O7Si. The molecule has 0 bridgehead atoms. The van der Waals surface area contributed by atoms with E-state index < -0.39 is 32.4 Å². The van der Waals surface area contributed by atoms with Crippen molar-refractivity contribution in [2.45, 2.75) is 31.2 Å². The maximum absolute atomic E-state index is 14.3. The van der Waals surface area contributed by atoms with Gasteiger partial charge in [0.1, 0.15) is 0 Å². The molecule has 0 spiro atoms. The van der Waals surface area contributed by atoms with Gasteiger partial charge >= 0.3 is 5.97 Å². The summed E-state index contributed by atoms with van der Waals surface area (Å²) in [6, 6.07) is 26.5. The molecule has 1 aliphatic carbocycles. The summed E-state index contributed by atoms with van der Waals surface area (Å²) in [6.45, 7) is 3.95. The number of hydrogen-bond donors (Lipinski definition) is 0. The minimum Gasteiger partial charge on any atom is -0.493 e. The SMILES string of the molecule is COc1cc2c(c(OC)c1OC)[Si](C)(C)O[C@H](C(=O)OC1c3ccccc3-c3ccccc31)[C@H]2C(=O)c1ccccc1. The summed E-state index contributed by atoms with van der Waals surface area (Å²) >= 11 is 0. The molecule has 4 aromatic carbocycles. The Kier molecular flexibility index (Phi) is 7.12. The predicted octanol–water partition coefficient (Wildman–Crippen LogP) is 5.80. The number of carbonyl (C=O) groups is 2. The number of ether oxygens (including phenoxy) is 4. The average Bonchev–Trinajstić information content (AvgIpc) is 3.33. The number of Topliss-reactive ketones (excluding diaryl/α,β-unsaturated/α-hetero) is 1. The van der Waals surface area contributed by atoms with E-state index in [9.17, 15) is 9.59 Å². The fourth-order valence-corrected chi connectivity index (χ4v) is 8.98. The number of esters is 1. The largest absolute Gasteiger partial charge is 0.493 e. The van der Waals surface area contributed by atoms with Crippen molar-refractivity contribution in [3.05, 3.63) is 107 Å². The van der Waals surface area contributed by atoms with Crippen molar-refractivity contribution in [1.29, 1.82) is 0 Å². The van der Waals surface area contributed by atoms with Gasteiger partial charge in [-0.15, -0.1) is 0 Å². The highest BCUT2D eigenvalue weighted by atomic mass is 28.4. The van der Waals surface area contributed by atoms with Crippen LogP contribution in [0, 0.1) is 0 Å². The number of carbonyl (C=O) groups excluding carboxylic acids is 2. The maximum atomic E-state index is 14.3. The van der Waals surface area contributed by atoms with E-state index >= 15 is 0 Å². The zero-order valence-electron chi connectivity index (χ0n) is 24.2. The zero-order valence-corrected chi connectivity index (χ0v) is 25.2. The van der Waals surface area contributed by atoms with E-state index in [-0.39, 0.29) is 5.78 Å². The molecule has 0 aromatic heterocycles. The van der Waals surface area contributed by atoms with Gasteiger partial charge in [0, 0.05) is 21.9 Å². The molecule has 6 rings (SSSR count). The molecule has 0 saturated heterocycles. The lowest BCUT2D eigenvalue weighted by atomic mass is 9.85. The third-order valence-corrected chi connectivity index (χ3v) is 10.7. The first-order chi connectivity index (χ1) is 20.3. The lowest BCUT2D eigenvalue weighted by molar-refractivity contribution is -0.157. The Morgan fingerprint density at radius 1 is 0.714 bits per heavy atom. The summed E-state index contributed by atoms with van der Waals surface area (Å²) in [6.07, 6.45) is -1.80. The van der Waals surface area contributed by atoms with Gasteiger partial charge in [-0.2, -0.15) is 0 Å². The summed E-state index contributed by atoms with van der Waals surface area (Å²) in [7, 11) is 1.72. The van der Waals surface area contributed by atoms with Gasteiger partial charge in [-0.3, -0.25) is 4.79 Å². The summed E-state index contributed by atoms with van der Waals surface area (Å²) in [5, 5.41) is 0.748. The number of rotatable bonds is 7. The van der Waals surface area contributed by atoms with E-state index in [0.29, 0.717) is 28.4 Å². The van der Waals surface area contributed by atoms with Gasteiger partial charge in [0.2, 0.25) is 14.1 Å². The van der Waals surface area contributed by atoms with E-state index in [0.717, 1.165) is 27.4 Å². The van der Waals surface area contributed by atoms with Gasteiger partial charge in [-0.25, -0.2) is 4.79 Å². The van der Waals surface area contributed by atoms with Gasteiger partial charge in [0.15, 0.2) is 29.5 Å². The first-order valence-electron chi connectivity index (χ1n) is 13.8. The summed E-state index contributed by atoms with van der Waals surface area (Å²) in [5.74, 6) is -0.605. The number of methoxy groups -OCH3 is 3. The standard InChI is InChI=1S/C34H32O7Si/c1-37-26-19-25-27(28(35)20-13-7-6-8-14-20)31(41-42(4,5)33(25)32(39-3)30(26)38-2)34(36)40-29-23-17-11-9-15-21(23)22-16-10-12-18-24(22)29/h6-19,27,29,31H,1-5H3/t27-,31+/m1/s1. The summed E-state index contributed by atoms with van der Waals surface area (Å²) < 4.78 is 30.2. The highest BCUT2D eigenvalue weighted by Gasteiger charge is 2.52. The molecule has 42 heavy (non-hydrogen) atoms. The number of benzene rings is 4. The first-order valence-corrected chi connectivity index (χ1v) is 16.7. The van der Waals surface area contributed by atoms with Crippen molar-refractivity contribution < 1.29 is 33.0 Å². The molecule has 0 fully saturated rings. The van der Waals surface area contributed by atoms with Crippen molar-refractivity contribution in [3.63, 3.8) is 0 Å². The molecule has 214 valence electrons.